The number of hydrogen-bond donors (Lipinski definition) is 3. The van der Waals surface area contributed by atoms with Crippen molar-refractivity contribution < 1.29 is 9.53 Å². The van der Waals surface area contributed by atoms with E-state index in [-0.39, 0.29) is 12.5 Å². The van der Waals surface area contributed by atoms with Crippen LogP contribution in [0, 0.1) is 0 Å². The molecule has 3 N–H and O–H groups in total. The number of rotatable bonds is 9. The third-order valence-corrected chi connectivity index (χ3v) is 4.76. The smallest absolute Gasteiger partial charge is 0.257 e. The van der Waals surface area contributed by atoms with Crippen molar-refractivity contribution in [3.63, 3.8) is 0 Å². The number of guanidine groups is 1. The van der Waals surface area contributed by atoms with Gasteiger partial charge in [-0.2, -0.15) is 0 Å². The Morgan fingerprint density at radius 3 is 2.71 bits per heavy atom. The van der Waals surface area contributed by atoms with Gasteiger partial charge < -0.3 is 20.7 Å². The number of hydrogen-bond acceptors (Lipinski definition) is 5. The van der Waals surface area contributed by atoms with Gasteiger partial charge in [-0.15, -0.1) is 11.3 Å². The van der Waals surface area contributed by atoms with E-state index in [0.717, 1.165) is 16.3 Å². The van der Waals surface area contributed by atoms with E-state index in [2.05, 4.69) is 45.2 Å². The summed E-state index contributed by atoms with van der Waals surface area (Å²) in [6.07, 6.45) is 0. The first kappa shape index (κ1) is 21.7. The number of nitrogens with one attached hydrogen (secondary N) is 3. The molecule has 1 amide bonds. The summed E-state index contributed by atoms with van der Waals surface area (Å²) in [6, 6.07) is 7.65. The molecular formula is C20H29N5O2S. The number of amides is 1. The predicted molar refractivity (Wildman–Crippen MR) is 114 cm³/mol. The number of aliphatic imine (C=N–C) groups is 1. The second-order valence-electron chi connectivity index (χ2n) is 6.49. The lowest BCUT2D eigenvalue weighted by atomic mass is 10.2. The van der Waals surface area contributed by atoms with Gasteiger partial charge in [-0.05, 0) is 30.5 Å². The minimum Gasteiger partial charge on any atom is -0.484 e. The minimum absolute atomic E-state index is 0.0140. The Balaban J connectivity index is 1.82. The molecule has 2 rings (SSSR count). The summed E-state index contributed by atoms with van der Waals surface area (Å²) < 4.78 is 5.53. The first-order chi connectivity index (χ1) is 13.5. The molecule has 1 aromatic carbocycles. The van der Waals surface area contributed by atoms with E-state index in [9.17, 15) is 4.79 Å². The van der Waals surface area contributed by atoms with E-state index >= 15 is 0 Å². The lowest BCUT2D eigenvalue weighted by Gasteiger charge is -2.12. The average Bonchev–Trinajstić information content (AvgIpc) is 3.16. The Kier molecular flexibility index (Phi) is 8.74. The van der Waals surface area contributed by atoms with Crippen LogP contribution in [-0.4, -0.2) is 37.1 Å². The molecule has 0 spiro atoms. The number of benzene rings is 1. The third-order valence-electron chi connectivity index (χ3n) is 3.89. The summed E-state index contributed by atoms with van der Waals surface area (Å²) in [5.41, 5.74) is 2.15. The molecule has 0 fully saturated rings. The summed E-state index contributed by atoms with van der Waals surface area (Å²) >= 11 is 1.65. The Labute approximate surface area is 170 Å². The van der Waals surface area contributed by atoms with Gasteiger partial charge in [0.2, 0.25) is 0 Å². The SMILES string of the molecule is CCNC(=O)COc1cccc(CNC(=NC)NCc2nc(C(C)C)cs2)c1. The standard InChI is InChI=1S/C20H29N5O2S/c1-5-22-18(26)12-27-16-8-6-7-15(9-16)10-23-20(21-4)24-11-19-25-17(13-28-19)14(2)3/h6-9,13-14H,5,10-12H2,1-4H3,(H,22,26)(H2,21,23,24). The number of aromatic nitrogens is 1. The molecule has 7 nitrogen and oxygen atoms in total. The number of carbonyl (C=O) groups is 1. The van der Waals surface area contributed by atoms with E-state index < -0.39 is 0 Å². The average molecular weight is 404 g/mol. The number of carbonyl (C=O) groups excluding carboxylic acids is 1. The van der Waals surface area contributed by atoms with Gasteiger partial charge in [0.1, 0.15) is 10.8 Å². The molecule has 0 saturated heterocycles. The van der Waals surface area contributed by atoms with Gasteiger partial charge in [0.25, 0.3) is 5.91 Å². The molecule has 152 valence electrons. The molecule has 1 aromatic heterocycles. The third kappa shape index (κ3) is 7.19. The molecule has 0 aliphatic carbocycles. The Bertz CT molecular complexity index is 788. The lowest BCUT2D eigenvalue weighted by molar-refractivity contribution is -0.122. The summed E-state index contributed by atoms with van der Waals surface area (Å²) in [7, 11) is 1.74. The van der Waals surface area contributed by atoms with Gasteiger partial charge >= 0.3 is 0 Å². The number of ether oxygens (including phenoxy) is 1. The van der Waals surface area contributed by atoms with E-state index in [4.69, 9.17) is 4.74 Å². The maximum Gasteiger partial charge on any atom is 0.257 e. The van der Waals surface area contributed by atoms with Crippen LogP contribution < -0.4 is 20.7 Å². The van der Waals surface area contributed by atoms with Gasteiger partial charge in [0.05, 0.1) is 12.2 Å². The zero-order valence-electron chi connectivity index (χ0n) is 16.9. The van der Waals surface area contributed by atoms with Crippen molar-refractivity contribution in [3.05, 3.63) is 45.9 Å². The van der Waals surface area contributed by atoms with Crippen LogP contribution in [-0.2, 0) is 17.9 Å². The normalized spacial score (nSPS) is 11.4. The minimum atomic E-state index is -0.126. The zero-order valence-corrected chi connectivity index (χ0v) is 17.7. The van der Waals surface area contributed by atoms with E-state index in [1.54, 1.807) is 18.4 Å². The molecule has 0 saturated carbocycles. The van der Waals surface area contributed by atoms with Crippen LogP contribution in [0.4, 0.5) is 0 Å². The highest BCUT2D eigenvalue weighted by Crippen LogP contribution is 2.17. The second-order valence-corrected chi connectivity index (χ2v) is 7.43. The highest BCUT2D eigenvalue weighted by molar-refractivity contribution is 7.09. The van der Waals surface area contributed by atoms with Crippen molar-refractivity contribution in [2.45, 2.75) is 39.8 Å². The monoisotopic (exact) mass is 403 g/mol. The second kappa shape index (κ2) is 11.3. The summed E-state index contributed by atoms with van der Waals surface area (Å²) in [5, 5.41) is 12.4. The molecule has 0 bridgehead atoms. The van der Waals surface area contributed by atoms with Crippen molar-refractivity contribution >= 4 is 23.2 Å². The summed E-state index contributed by atoms with van der Waals surface area (Å²) in [4.78, 5) is 20.4. The largest absolute Gasteiger partial charge is 0.484 e. The molecule has 28 heavy (non-hydrogen) atoms. The predicted octanol–water partition coefficient (Wildman–Crippen LogP) is 2.65. The summed E-state index contributed by atoms with van der Waals surface area (Å²) in [6.45, 7) is 7.99. The first-order valence-corrected chi connectivity index (χ1v) is 10.3. The van der Waals surface area contributed by atoms with Crippen molar-refractivity contribution in [2.75, 3.05) is 20.2 Å². The highest BCUT2D eigenvalue weighted by atomic mass is 32.1. The van der Waals surface area contributed by atoms with Crippen molar-refractivity contribution in [2.24, 2.45) is 4.99 Å². The van der Waals surface area contributed by atoms with E-state index in [1.165, 1.54) is 0 Å². The molecule has 1 heterocycles. The van der Waals surface area contributed by atoms with Crippen LogP contribution in [0.15, 0.2) is 34.6 Å². The fourth-order valence-electron chi connectivity index (χ4n) is 2.38. The quantitative estimate of drug-likeness (QED) is 0.443. The Hall–Kier alpha value is -2.61. The van der Waals surface area contributed by atoms with Gasteiger partial charge in [-0.25, -0.2) is 4.98 Å². The number of thiazole rings is 1. The maximum atomic E-state index is 11.5. The molecule has 0 radical (unpaired) electrons. The van der Waals surface area contributed by atoms with Gasteiger partial charge in [-0.3, -0.25) is 9.79 Å². The molecule has 0 aliphatic rings. The van der Waals surface area contributed by atoms with E-state index in [0.29, 0.717) is 37.3 Å². The number of likely N-dealkylation sites (N-methyl/N-ethyl adjacent to an activating group) is 1. The molecular weight excluding hydrogens is 374 g/mol. The van der Waals surface area contributed by atoms with Crippen molar-refractivity contribution in [1.29, 1.82) is 0 Å². The zero-order chi connectivity index (χ0) is 20.4. The molecule has 0 aliphatic heterocycles. The fourth-order valence-corrected chi connectivity index (χ4v) is 3.27. The lowest BCUT2D eigenvalue weighted by Crippen LogP contribution is -2.36. The molecule has 8 heteroatoms. The Morgan fingerprint density at radius 2 is 2.04 bits per heavy atom. The molecule has 0 atom stereocenters. The number of nitrogens with zero attached hydrogens (tertiary/aromatic N) is 2. The van der Waals surface area contributed by atoms with Crippen LogP contribution in [0.2, 0.25) is 0 Å². The van der Waals surface area contributed by atoms with Crippen LogP contribution in [0.1, 0.15) is 43.0 Å². The topological polar surface area (TPSA) is 87.6 Å². The van der Waals surface area contributed by atoms with Gasteiger partial charge in [-0.1, -0.05) is 26.0 Å². The Morgan fingerprint density at radius 1 is 1.25 bits per heavy atom. The highest BCUT2D eigenvalue weighted by Gasteiger charge is 2.07. The first-order valence-electron chi connectivity index (χ1n) is 9.39. The van der Waals surface area contributed by atoms with Crippen LogP contribution in [0.5, 0.6) is 5.75 Å². The van der Waals surface area contributed by atoms with Crippen LogP contribution >= 0.6 is 11.3 Å². The van der Waals surface area contributed by atoms with Crippen molar-refractivity contribution in [3.8, 4) is 5.75 Å². The van der Waals surface area contributed by atoms with Gasteiger partial charge in [0, 0.05) is 25.5 Å². The van der Waals surface area contributed by atoms with E-state index in [1.807, 2.05) is 31.2 Å². The van der Waals surface area contributed by atoms with Crippen LogP contribution in [0.25, 0.3) is 0 Å². The van der Waals surface area contributed by atoms with Crippen molar-refractivity contribution in [1.82, 2.24) is 20.9 Å². The molecule has 0 unspecified atom stereocenters. The maximum absolute atomic E-state index is 11.5. The van der Waals surface area contributed by atoms with Gasteiger partial charge in [0.15, 0.2) is 12.6 Å². The fraction of sp³-hybridized carbons (Fsp3) is 0.450. The summed E-state index contributed by atoms with van der Waals surface area (Å²) in [5.74, 6) is 1.68. The van der Waals surface area contributed by atoms with Crippen LogP contribution in [0.3, 0.4) is 0 Å². The molecule has 2 aromatic rings.